The zero-order chi connectivity index (χ0) is 12.9. The van der Waals surface area contributed by atoms with Crippen molar-refractivity contribution >= 4 is 0 Å². The fraction of sp³-hybridized carbons (Fsp3) is 0.833. The van der Waals surface area contributed by atoms with Gasteiger partial charge < -0.3 is 10.5 Å². The van der Waals surface area contributed by atoms with Gasteiger partial charge in [0.2, 0.25) is 0 Å². The molecule has 5 nitrogen and oxygen atoms in total. The molecular weight excluding hydrogens is 216 g/mol. The predicted octanol–water partition coefficient (Wildman–Crippen LogP) is 1.37. The number of rotatable bonds is 7. The summed E-state index contributed by atoms with van der Waals surface area (Å²) in [4.78, 5) is 0. The second-order valence-corrected chi connectivity index (χ2v) is 5.23. The quantitative estimate of drug-likeness (QED) is 0.781. The summed E-state index contributed by atoms with van der Waals surface area (Å²) in [7, 11) is 0. The second kappa shape index (κ2) is 6.12. The number of aryl methyl sites for hydroxylation is 2. The first-order valence-corrected chi connectivity index (χ1v) is 6.20. The minimum absolute atomic E-state index is 0.187. The molecule has 1 rings (SSSR count). The maximum absolute atomic E-state index is 5.86. The van der Waals surface area contributed by atoms with Gasteiger partial charge in [-0.1, -0.05) is 12.1 Å². The monoisotopic (exact) mass is 240 g/mol. The molecular formula is C12H24N4O. The van der Waals surface area contributed by atoms with Crippen LogP contribution >= 0.6 is 0 Å². The highest BCUT2D eigenvalue weighted by molar-refractivity contribution is 4.90. The third-order valence-corrected chi connectivity index (χ3v) is 2.45. The van der Waals surface area contributed by atoms with Gasteiger partial charge in [0.05, 0.1) is 18.4 Å². The molecule has 1 aromatic rings. The summed E-state index contributed by atoms with van der Waals surface area (Å²) in [5, 5.41) is 8.10. The number of nitrogens with two attached hydrogens (primary N) is 1. The van der Waals surface area contributed by atoms with Crippen molar-refractivity contribution in [3.05, 3.63) is 11.9 Å². The van der Waals surface area contributed by atoms with E-state index in [2.05, 4.69) is 24.2 Å². The molecule has 1 aromatic heterocycles. The number of hydrogen-bond acceptors (Lipinski definition) is 4. The van der Waals surface area contributed by atoms with E-state index in [0.29, 0.717) is 6.61 Å². The van der Waals surface area contributed by atoms with Crippen molar-refractivity contribution in [1.82, 2.24) is 15.0 Å². The molecule has 98 valence electrons. The predicted molar refractivity (Wildman–Crippen MR) is 67.7 cm³/mol. The van der Waals surface area contributed by atoms with Crippen molar-refractivity contribution in [2.45, 2.75) is 58.7 Å². The van der Waals surface area contributed by atoms with Gasteiger partial charge in [-0.15, -0.1) is 5.10 Å². The normalized spacial score (nSPS) is 13.9. The number of aromatic nitrogens is 3. The Morgan fingerprint density at radius 2 is 2.24 bits per heavy atom. The summed E-state index contributed by atoms with van der Waals surface area (Å²) in [6.45, 7) is 9.47. The van der Waals surface area contributed by atoms with Crippen molar-refractivity contribution in [1.29, 1.82) is 0 Å². The highest BCUT2D eigenvalue weighted by Gasteiger charge is 2.13. The lowest BCUT2D eigenvalue weighted by Gasteiger charge is -2.21. The van der Waals surface area contributed by atoms with Crippen LogP contribution in [0, 0.1) is 0 Å². The standard InChI is InChI=1S/C12H24N4O/c1-5-11-8-16(15-14-11)7-6-10(2)17-9-12(3,4)13/h8,10H,5-7,9,13H2,1-4H3. The fourth-order valence-electron chi connectivity index (χ4n) is 1.36. The minimum Gasteiger partial charge on any atom is -0.377 e. The summed E-state index contributed by atoms with van der Waals surface area (Å²) in [6.07, 6.45) is 4.02. The molecule has 0 aliphatic carbocycles. The molecule has 5 heteroatoms. The van der Waals surface area contributed by atoms with Crippen molar-refractivity contribution < 1.29 is 4.74 Å². The van der Waals surface area contributed by atoms with Crippen LogP contribution in [0.1, 0.15) is 39.8 Å². The van der Waals surface area contributed by atoms with Crippen LogP contribution in [0.15, 0.2) is 6.20 Å². The van der Waals surface area contributed by atoms with Crippen LogP contribution in [0.5, 0.6) is 0 Å². The molecule has 1 heterocycles. The van der Waals surface area contributed by atoms with Crippen LogP contribution in [0.4, 0.5) is 0 Å². The van der Waals surface area contributed by atoms with Crippen LogP contribution in [0.2, 0.25) is 0 Å². The molecule has 0 saturated heterocycles. The number of hydrogen-bond donors (Lipinski definition) is 1. The Labute approximate surface area is 103 Å². The first kappa shape index (κ1) is 14.1. The summed E-state index contributed by atoms with van der Waals surface area (Å²) < 4.78 is 7.54. The van der Waals surface area contributed by atoms with Gasteiger partial charge in [0.1, 0.15) is 0 Å². The van der Waals surface area contributed by atoms with Gasteiger partial charge in [-0.05, 0) is 33.6 Å². The summed E-state index contributed by atoms with van der Waals surface area (Å²) in [5.74, 6) is 0. The van der Waals surface area contributed by atoms with E-state index < -0.39 is 0 Å². The zero-order valence-corrected chi connectivity index (χ0v) is 11.3. The Hall–Kier alpha value is -0.940. The molecule has 0 aromatic carbocycles. The fourth-order valence-corrected chi connectivity index (χ4v) is 1.36. The Balaban J connectivity index is 2.25. The maximum Gasteiger partial charge on any atom is 0.0824 e. The van der Waals surface area contributed by atoms with Gasteiger partial charge in [0.25, 0.3) is 0 Å². The highest BCUT2D eigenvalue weighted by Crippen LogP contribution is 2.05. The third-order valence-electron chi connectivity index (χ3n) is 2.45. The molecule has 1 unspecified atom stereocenters. The number of nitrogens with zero attached hydrogens (tertiary/aromatic N) is 3. The van der Waals surface area contributed by atoms with Crippen molar-refractivity contribution in [3.8, 4) is 0 Å². The lowest BCUT2D eigenvalue weighted by molar-refractivity contribution is 0.0309. The van der Waals surface area contributed by atoms with E-state index in [1.54, 1.807) is 0 Å². The van der Waals surface area contributed by atoms with E-state index in [1.165, 1.54) is 0 Å². The van der Waals surface area contributed by atoms with E-state index in [0.717, 1.165) is 25.1 Å². The second-order valence-electron chi connectivity index (χ2n) is 5.23. The topological polar surface area (TPSA) is 66.0 Å². The van der Waals surface area contributed by atoms with Crippen LogP contribution in [0.3, 0.4) is 0 Å². The van der Waals surface area contributed by atoms with Crippen LogP contribution in [-0.2, 0) is 17.7 Å². The molecule has 0 fully saturated rings. The molecule has 2 N–H and O–H groups in total. The van der Waals surface area contributed by atoms with E-state index >= 15 is 0 Å². The van der Waals surface area contributed by atoms with Crippen molar-refractivity contribution in [3.63, 3.8) is 0 Å². The molecule has 0 radical (unpaired) electrons. The largest absolute Gasteiger partial charge is 0.377 e. The molecule has 0 aliphatic rings. The third kappa shape index (κ3) is 5.79. The Morgan fingerprint density at radius 1 is 1.53 bits per heavy atom. The molecule has 1 atom stereocenters. The minimum atomic E-state index is -0.267. The zero-order valence-electron chi connectivity index (χ0n) is 11.3. The summed E-state index contributed by atoms with van der Waals surface area (Å²) >= 11 is 0. The van der Waals surface area contributed by atoms with Crippen LogP contribution in [0.25, 0.3) is 0 Å². The first-order valence-electron chi connectivity index (χ1n) is 6.20. The van der Waals surface area contributed by atoms with E-state index in [9.17, 15) is 0 Å². The van der Waals surface area contributed by atoms with Crippen molar-refractivity contribution in [2.24, 2.45) is 5.73 Å². The highest BCUT2D eigenvalue weighted by atomic mass is 16.5. The number of ether oxygens (including phenoxy) is 1. The van der Waals surface area contributed by atoms with Gasteiger partial charge in [-0.3, -0.25) is 4.68 Å². The average molecular weight is 240 g/mol. The molecule has 0 saturated carbocycles. The van der Waals surface area contributed by atoms with Crippen LogP contribution in [-0.4, -0.2) is 33.2 Å². The van der Waals surface area contributed by atoms with Gasteiger partial charge in [-0.25, -0.2) is 0 Å². The van der Waals surface area contributed by atoms with Crippen LogP contribution < -0.4 is 5.73 Å². The van der Waals surface area contributed by atoms with Gasteiger partial charge in [0.15, 0.2) is 0 Å². The maximum atomic E-state index is 5.86. The average Bonchev–Trinajstić information content (AvgIpc) is 2.70. The molecule has 0 bridgehead atoms. The van der Waals surface area contributed by atoms with Gasteiger partial charge >= 0.3 is 0 Å². The molecule has 0 aliphatic heterocycles. The SMILES string of the molecule is CCc1cn(CCC(C)OCC(C)(C)N)nn1. The van der Waals surface area contributed by atoms with E-state index in [1.807, 2.05) is 24.7 Å². The smallest absolute Gasteiger partial charge is 0.0824 e. The van der Waals surface area contributed by atoms with Crippen molar-refractivity contribution in [2.75, 3.05) is 6.61 Å². The molecule has 0 amide bonds. The van der Waals surface area contributed by atoms with E-state index in [-0.39, 0.29) is 11.6 Å². The lowest BCUT2D eigenvalue weighted by atomic mass is 10.1. The van der Waals surface area contributed by atoms with Gasteiger partial charge in [0, 0.05) is 18.3 Å². The van der Waals surface area contributed by atoms with Gasteiger partial charge in [-0.2, -0.15) is 0 Å². The summed E-state index contributed by atoms with van der Waals surface area (Å²) in [5.41, 5.74) is 6.62. The summed E-state index contributed by atoms with van der Waals surface area (Å²) in [6, 6.07) is 0. The lowest BCUT2D eigenvalue weighted by Crippen LogP contribution is -2.38. The first-order chi connectivity index (χ1) is 7.90. The molecule has 17 heavy (non-hydrogen) atoms. The molecule has 0 spiro atoms. The Kier molecular flexibility index (Phi) is 5.08. The van der Waals surface area contributed by atoms with E-state index in [4.69, 9.17) is 10.5 Å². The Morgan fingerprint density at radius 3 is 2.76 bits per heavy atom. The Bertz CT molecular complexity index is 329.